The lowest BCUT2D eigenvalue weighted by molar-refractivity contribution is -0.143. The molecule has 0 aliphatic carbocycles. The van der Waals surface area contributed by atoms with E-state index in [4.69, 9.17) is 4.74 Å². The largest absolute Gasteiger partial charge is 0.480 e. The molecule has 1 atom stereocenters. The number of benzene rings is 1. The van der Waals surface area contributed by atoms with Gasteiger partial charge in [-0.2, -0.15) is 0 Å². The van der Waals surface area contributed by atoms with Crippen LogP contribution in [0.2, 0.25) is 0 Å². The van der Waals surface area contributed by atoms with Crippen molar-refractivity contribution in [3.8, 4) is 0 Å². The molecule has 2 rings (SSSR count). The molecule has 1 heterocycles. The molecule has 1 fully saturated rings. The van der Waals surface area contributed by atoms with Crippen molar-refractivity contribution in [3.63, 3.8) is 0 Å². The van der Waals surface area contributed by atoms with Gasteiger partial charge in [0.2, 0.25) is 0 Å². The molecule has 1 N–H and O–H groups in total. The van der Waals surface area contributed by atoms with Crippen molar-refractivity contribution >= 4 is 17.7 Å². The van der Waals surface area contributed by atoms with Gasteiger partial charge in [0.1, 0.15) is 6.04 Å². The van der Waals surface area contributed by atoms with Gasteiger partial charge < -0.3 is 9.84 Å². The first-order valence-corrected chi connectivity index (χ1v) is 8.49. The lowest BCUT2D eigenvalue weighted by atomic mass is 9.98. The molecule has 1 unspecified atom stereocenters. The minimum atomic E-state index is -0.786. The molecule has 0 bridgehead atoms. The number of aliphatic carboxylic acids is 1. The topological polar surface area (TPSA) is 49.8 Å². The summed E-state index contributed by atoms with van der Waals surface area (Å²) in [7, 11) is 1.91. The van der Waals surface area contributed by atoms with E-state index >= 15 is 0 Å². The van der Waals surface area contributed by atoms with Gasteiger partial charge in [0.05, 0.1) is 0 Å². The molecule has 1 aliphatic heterocycles. The van der Waals surface area contributed by atoms with Gasteiger partial charge in [-0.05, 0) is 43.7 Å². The lowest BCUT2D eigenvalue weighted by Gasteiger charge is -2.31. The highest BCUT2D eigenvalue weighted by molar-refractivity contribution is 7.98. The Labute approximate surface area is 130 Å². The van der Waals surface area contributed by atoms with Gasteiger partial charge in [-0.1, -0.05) is 18.2 Å². The summed E-state index contributed by atoms with van der Waals surface area (Å²) in [6, 6.07) is 7.18. The molecule has 0 amide bonds. The van der Waals surface area contributed by atoms with Gasteiger partial charge in [0.25, 0.3) is 0 Å². The van der Waals surface area contributed by atoms with Crippen molar-refractivity contribution in [2.75, 3.05) is 33.1 Å². The molecule has 0 spiro atoms. The van der Waals surface area contributed by atoms with E-state index in [0.29, 0.717) is 5.92 Å². The van der Waals surface area contributed by atoms with E-state index in [0.717, 1.165) is 43.1 Å². The minimum Gasteiger partial charge on any atom is -0.480 e. The Morgan fingerprint density at radius 3 is 2.71 bits per heavy atom. The van der Waals surface area contributed by atoms with Crippen molar-refractivity contribution in [2.24, 2.45) is 5.92 Å². The van der Waals surface area contributed by atoms with Crippen molar-refractivity contribution in [1.29, 1.82) is 0 Å². The van der Waals surface area contributed by atoms with E-state index in [9.17, 15) is 9.90 Å². The van der Waals surface area contributed by atoms with Crippen LogP contribution in [0, 0.1) is 5.92 Å². The number of likely N-dealkylation sites (N-methyl/N-ethyl adjacent to an activating group) is 1. The molecule has 1 aliphatic rings. The number of carbonyl (C=O) groups is 1. The number of hydrogen-bond donors (Lipinski definition) is 1. The first-order chi connectivity index (χ1) is 10.1. The molecule has 21 heavy (non-hydrogen) atoms. The highest BCUT2D eigenvalue weighted by Crippen LogP contribution is 2.30. The second-order valence-corrected chi connectivity index (χ2v) is 6.33. The number of hydrogen-bond acceptors (Lipinski definition) is 4. The normalized spacial score (nSPS) is 17.9. The second-order valence-electron chi connectivity index (χ2n) is 5.48. The van der Waals surface area contributed by atoms with Gasteiger partial charge in [-0.15, -0.1) is 11.8 Å². The van der Waals surface area contributed by atoms with Gasteiger partial charge >= 0.3 is 5.97 Å². The predicted octanol–water partition coefficient (Wildman–Crippen LogP) is 2.89. The smallest absolute Gasteiger partial charge is 0.325 e. The van der Waals surface area contributed by atoms with E-state index < -0.39 is 12.0 Å². The van der Waals surface area contributed by atoms with Crippen molar-refractivity contribution in [1.82, 2.24) is 4.90 Å². The first-order valence-electron chi connectivity index (χ1n) is 7.27. The molecule has 1 aromatic rings. The van der Waals surface area contributed by atoms with Crippen LogP contribution in [-0.2, 0) is 9.53 Å². The molecule has 1 saturated heterocycles. The van der Waals surface area contributed by atoms with Crippen LogP contribution in [0.15, 0.2) is 29.2 Å². The fourth-order valence-electron chi connectivity index (χ4n) is 2.89. The van der Waals surface area contributed by atoms with Crippen molar-refractivity contribution in [3.05, 3.63) is 29.8 Å². The summed E-state index contributed by atoms with van der Waals surface area (Å²) in [4.78, 5) is 14.8. The maximum Gasteiger partial charge on any atom is 0.325 e. The fourth-order valence-corrected chi connectivity index (χ4v) is 3.52. The summed E-state index contributed by atoms with van der Waals surface area (Å²) < 4.78 is 5.37. The van der Waals surface area contributed by atoms with E-state index in [2.05, 4.69) is 0 Å². The van der Waals surface area contributed by atoms with Gasteiger partial charge in [-0.25, -0.2) is 0 Å². The van der Waals surface area contributed by atoms with Crippen molar-refractivity contribution in [2.45, 2.75) is 23.8 Å². The maximum absolute atomic E-state index is 11.8. The van der Waals surface area contributed by atoms with Gasteiger partial charge in [0, 0.05) is 24.7 Å². The third kappa shape index (κ3) is 4.22. The average Bonchev–Trinajstić information content (AvgIpc) is 2.48. The van der Waals surface area contributed by atoms with E-state index in [1.165, 1.54) is 0 Å². The maximum atomic E-state index is 11.8. The van der Waals surface area contributed by atoms with E-state index in [1.54, 1.807) is 11.8 Å². The summed E-state index contributed by atoms with van der Waals surface area (Å²) in [5, 5.41) is 9.67. The van der Waals surface area contributed by atoms with Gasteiger partial charge in [-0.3, -0.25) is 9.69 Å². The molecule has 116 valence electrons. The van der Waals surface area contributed by atoms with Crippen LogP contribution in [0.1, 0.15) is 24.4 Å². The highest BCUT2D eigenvalue weighted by Gasteiger charge is 2.28. The summed E-state index contributed by atoms with van der Waals surface area (Å²) in [6.45, 7) is 2.37. The highest BCUT2D eigenvalue weighted by atomic mass is 32.2. The number of carboxylic acids is 1. The van der Waals surface area contributed by atoms with Crippen LogP contribution < -0.4 is 0 Å². The van der Waals surface area contributed by atoms with Crippen LogP contribution in [0.4, 0.5) is 0 Å². The zero-order chi connectivity index (χ0) is 15.2. The number of rotatable bonds is 6. The molecule has 5 heteroatoms. The molecule has 4 nitrogen and oxygen atoms in total. The van der Waals surface area contributed by atoms with E-state index in [1.807, 2.05) is 42.5 Å². The predicted molar refractivity (Wildman–Crippen MR) is 84.8 cm³/mol. The fraction of sp³-hybridized carbons (Fsp3) is 0.562. The van der Waals surface area contributed by atoms with Crippen LogP contribution in [0.25, 0.3) is 0 Å². The molecule has 1 aromatic carbocycles. The Kier molecular flexibility index (Phi) is 6.08. The SMILES string of the molecule is CSc1ccccc1C(C(=O)O)N(C)CC1CCOCC1. The number of thioether (sulfide) groups is 1. The summed E-state index contributed by atoms with van der Waals surface area (Å²) in [5.41, 5.74) is 0.882. The molecule has 0 radical (unpaired) electrons. The zero-order valence-electron chi connectivity index (χ0n) is 12.6. The Morgan fingerprint density at radius 2 is 2.10 bits per heavy atom. The quantitative estimate of drug-likeness (QED) is 0.819. The zero-order valence-corrected chi connectivity index (χ0v) is 13.4. The third-order valence-corrected chi connectivity index (χ3v) is 4.81. The van der Waals surface area contributed by atoms with Crippen LogP contribution in [0.5, 0.6) is 0 Å². The third-order valence-electron chi connectivity index (χ3n) is 4.00. The summed E-state index contributed by atoms with van der Waals surface area (Å²) in [6.07, 6.45) is 4.01. The van der Waals surface area contributed by atoms with Crippen molar-refractivity contribution < 1.29 is 14.6 Å². The Morgan fingerprint density at radius 1 is 1.43 bits per heavy atom. The lowest BCUT2D eigenvalue weighted by Crippen LogP contribution is -2.36. The van der Waals surface area contributed by atoms with Crippen LogP contribution in [0.3, 0.4) is 0 Å². The number of carboxylic acid groups (broad SMARTS) is 1. The monoisotopic (exact) mass is 309 g/mol. The average molecular weight is 309 g/mol. The Balaban J connectivity index is 2.15. The summed E-state index contributed by atoms with van der Waals surface area (Å²) >= 11 is 1.59. The molecular formula is C16H23NO3S. The Bertz CT molecular complexity index is 474. The Hall–Kier alpha value is -1.04. The van der Waals surface area contributed by atoms with Crippen LogP contribution in [-0.4, -0.2) is 49.0 Å². The van der Waals surface area contributed by atoms with Crippen LogP contribution >= 0.6 is 11.8 Å². The first kappa shape index (κ1) is 16.3. The standard InChI is InChI=1S/C16H23NO3S/c1-17(11-12-7-9-20-10-8-12)15(16(18)19)13-5-3-4-6-14(13)21-2/h3-6,12,15H,7-11H2,1-2H3,(H,18,19). The number of ether oxygens (including phenoxy) is 1. The molecule has 0 saturated carbocycles. The second kappa shape index (κ2) is 7.82. The van der Waals surface area contributed by atoms with Gasteiger partial charge in [0.15, 0.2) is 0 Å². The van der Waals surface area contributed by atoms with E-state index in [-0.39, 0.29) is 0 Å². The minimum absolute atomic E-state index is 0.520. The molecular weight excluding hydrogens is 286 g/mol. The number of nitrogens with zero attached hydrogens (tertiary/aromatic N) is 1. The summed E-state index contributed by atoms with van der Waals surface area (Å²) in [5.74, 6) is -0.266. The molecule has 0 aromatic heterocycles.